The van der Waals surface area contributed by atoms with Crippen LogP contribution >= 0.6 is 0 Å². The summed E-state index contributed by atoms with van der Waals surface area (Å²) in [5.74, 6) is 2.04. The van der Waals surface area contributed by atoms with Gasteiger partial charge in [-0.1, -0.05) is 0 Å². The molecular formula is C15H27N3O. The third-order valence-corrected chi connectivity index (χ3v) is 4.02. The van der Waals surface area contributed by atoms with E-state index in [0.29, 0.717) is 6.04 Å². The third kappa shape index (κ3) is 4.06. The molecule has 0 aliphatic carbocycles. The van der Waals surface area contributed by atoms with Crippen LogP contribution in [-0.2, 0) is 0 Å². The number of piperazine rings is 1. The van der Waals surface area contributed by atoms with Gasteiger partial charge >= 0.3 is 0 Å². The standard InChI is InChI=1S/C15H27N3O/c1-12-11-15(14(3)19-12)13(2)16-5-6-18-9-7-17(4)8-10-18/h11,13,16H,5-10H2,1-4H3. The van der Waals surface area contributed by atoms with Gasteiger partial charge in [-0.05, 0) is 33.9 Å². The van der Waals surface area contributed by atoms with Gasteiger partial charge in [0.05, 0.1) is 0 Å². The minimum atomic E-state index is 0.366. The summed E-state index contributed by atoms with van der Waals surface area (Å²) in [6.07, 6.45) is 0. The lowest BCUT2D eigenvalue weighted by molar-refractivity contribution is 0.154. The van der Waals surface area contributed by atoms with Crippen LogP contribution in [0.3, 0.4) is 0 Å². The number of hydrogen-bond donors (Lipinski definition) is 1. The van der Waals surface area contributed by atoms with Crippen molar-refractivity contribution >= 4 is 0 Å². The predicted octanol–water partition coefficient (Wildman–Crippen LogP) is 1.79. The first-order valence-electron chi connectivity index (χ1n) is 7.27. The Morgan fingerprint density at radius 1 is 1.26 bits per heavy atom. The van der Waals surface area contributed by atoms with E-state index < -0.39 is 0 Å². The number of aryl methyl sites for hydroxylation is 2. The molecule has 0 spiro atoms. The fourth-order valence-electron chi connectivity index (χ4n) is 2.70. The fourth-order valence-corrected chi connectivity index (χ4v) is 2.70. The molecule has 1 atom stereocenters. The second-order valence-corrected chi connectivity index (χ2v) is 5.69. The van der Waals surface area contributed by atoms with E-state index in [0.717, 1.165) is 24.6 Å². The van der Waals surface area contributed by atoms with Gasteiger partial charge in [-0.15, -0.1) is 0 Å². The summed E-state index contributed by atoms with van der Waals surface area (Å²) < 4.78 is 5.59. The van der Waals surface area contributed by atoms with Gasteiger partial charge in [-0.2, -0.15) is 0 Å². The molecule has 1 unspecified atom stereocenters. The van der Waals surface area contributed by atoms with Crippen molar-refractivity contribution in [2.45, 2.75) is 26.8 Å². The monoisotopic (exact) mass is 265 g/mol. The number of rotatable bonds is 5. The molecule has 0 bridgehead atoms. The summed E-state index contributed by atoms with van der Waals surface area (Å²) in [4.78, 5) is 4.93. The molecule has 108 valence electrons. The first kappa shape index (κ1) is 14.6. The van der Waals surface area contributed by atoms with Crippen molar-refractivity contribution in [1.82, 2.24) is 15.1 Å². The van der Waals surface area contributed by atoms with Gasteiger partial charge in [0.25, 0.3) is 0 Å². The van der Waals surface area contributed by atoms with Gasteiger partial charge in [-0.25, -0.2) is 0 Å². The Labute approximate surface area is 116 Å². The van der Waals surface area contributed by atoms with Crippen LogP contribution in [0.1, 0.15) is 30.0 Å². The zero-order valence-electron chi connectivity index (χ0n) is 12.7. The molecule has 1 saturated heterocycles. The first-order chi connectivity index (χ1) is 9.06. The highest BCUT2D eigenvalue weighted by Gasteiger charge is 2.15. The lowest BCUT2D eigenvalue weighted by Gasteiger charge is -2.32. The van der Waals surface area contributed by atoms with Gasteiger partial charge in [0.15, 0.2) is 0 Å². The first-order valence-corrected chi connectivity index (χ1v) is 7.27. The SMILES string of the molecule is Cc1cc(C(C)NCCN2CCN(C)CC2)c(C)o1. The molecule has 0 radical (unpaired) electrons. The summed E-state index contributed by atoms with van der Waals surface area (Å²) >= 11 is 0. The van der Waals surface area contributed by atoms with E-state index in [1.165, 1.54) is 31.7 Å². The molecule has 1 N–H and O–H groups in total. The molecule has 4 nitrogen and oxygen atoms in total. The van der Waals surface area contributed by atoms with E-state index in [9.17, 15) is 0 Å². The quantitative estimate of drug-likeness (QED) is 0.879. The maximum Gasteiger partial charge on any atom is 0.105 e. The molecule has 1 aromatic rings. The summed E-state index contributed by atoms with van der Waals surface area (Å²) in [6.45, 7) is 13.2. The van der Waals surface area contributed by atoms with Gasteiger partial charge in [0.1, 0.15) is 11.5 Å². The van der Waals surface area contributed by atoms with Crippen LogP contribution in [0.4, 0.5) is 0 Å². The minimum Gasteiger partial charge on any atom is -0.466 e. The molecule has 2 rings (SSSR count). The second kappa shape index (κ2) is 6.55. The van der Waals surface area contributed by atoms with Crippen LogP contribution in [0.2, 0.25) is 0 Å². The molecule has 0 amide bonds. The number of nitrogens with one attached hydrogen (secondary N) is 1. The Balaban J connectivity index is 1.72. The van der Waals surface area contributed by atoms with E-state index in [4.69, 9.17) is 4.42 Å². The maximum absolute atomic E-state index is 5.59. The molecule has 1 fully saturated rings. The van der Waals surface area contributed by atoms with Gasteiger partial charge in [-0.3, -0.25) is 4.90 Å². The fraction of sp³-hybridized carbons (Fsp3) is 0.733. The molecule has 1 aliphatic rings. The maximum atomic E-state index is 5.59. The van der Waals surface area contributed by atoms with Gasteiger partial charge in [0.2, 0.25) is 0 Å². The van der Waals surface area contributed by atoms with Crippen LogP contribution in [-0.4, -0.2) is 56.1 Å². The zero-order chi connectivity index (χ0) is 13.8. The number of nitrogens with zero attached hydrogens (tertiary/aromatic N) is 2. The van der Waals surface area contributed by atoms with E-state index in [1.807, 2.05) is 13.8 Å². The summed E-state index contributed by atoms with van der Waals surface area (Å²) in [7, 11) is 2.20. The van der Waals surface area contributed by atoms with Crippen LogP contribution in [0.15, 0.2) is 10.5 Å². The Morgan fingerprint density at radius 2 is 1.95 bits per heavy atom. The highest BCUT2D eigenvalue weighted by molar-refractivity contribution is 5.23. The van der Waals surface area contributed by atoms with Crippen molar-refractivity contribution in [2.24, 2.45) is 0 Å². The molecule has 1 aromatic heterocycles. The van der Waals surface area contributed by atoms with Gasteiger partial charge in [0, 0.05) is 50.9 Å². The van der Waals surface area contributed by atoms with Crippen molar-refractivity contribution < 1.29 is 4.42 Å². The van der Waals surface area contributed by atoms with Crippen molar-refractivity contribution in [3.63, 3.8) is 0 Å². The molecular weight excluding hydrogens is 238 g/mol. The van der Waals surface area contributed by atoms with Crippen LogP contribution in [0.25, 0.3) is 0 Å². The summed E-state index contributed by atoms with van der Waals surface area (Å²) in [5.41, 5.74) is 1.29. The average Bonchev–Trinajstić information content (AvgIpc) is 2.71. The van der Waals surface area contributed by atoms with Crippen molar-refractivity contribution in [3.8, 4) is 0 Å². The zero-order valence-corrected chi connectivity index (χ0v) is 12.7. The van der Waals surface area contributed by atoms with Crippen molar-refractivity contribution in [3.05, 3.63) is 23.2 Å². The lowest BCUT2D eigenvalue weighted by atomic mass is 10.1. The third-order valence-electron chi connectivity index (χ3n) is 4.02. The molecule has 2 heterocycles. The van der Waals surface area contributed by atoms with Gasteiger partial charge < -0.3 is 14.6 Å². The van der Waals surface area contributed by atoms with E-state index in [1.54, 1.807) is 0 Å². The highest BCUT2D eigenvalue weighted by Crippen LogP contribution is 2.20. The summed E-state index contributed by atoms with van der Waals surface area (Å²) in [6, 6.07) is 2.51. The van der Waals surface area contributed by atoms with Crippen LogP contribution < -0.4 is 5.32 Å². The number of hydrogen-bond acceptors (Lipinski definition) is 4. The molecule has 0 aromatic carbocycles. The van der Waals surface area contributed by atoms with Crippen molar-refractivity contribution in [1.29, 1.82) is 0 Å². The lowest BCUT2D eigenvalue weighted by Crippen LogP contribution is -2.46. The number of furan rings is 1. The topological polar surface area (TPSA) is 31.6 Å². The van der Waals surface area contributed by atoms with Crippen LogP contribution in [0.5, 0.6) is 0 Å². The van der Waals surface area contributed by atoms with E-state index in [2.05, 4.69) is 35.2 Å². The van der Waals surface area contributed by atoms with E-state index >= 15 is 0 Å². The normalized spacial score (nSPS) is 19.8. The molecule has 19 heavy (non-hydrogen) atoms. The Kier molecular flexibility index (Phi) is 5.02. The molecule has 4 heteroatoms. The Bertz CT molecular complexity index is 394. The minimum absolute atomic E-state index is 0.366. The molecule has 0 saturated carbocycles. The average molecular weight is 265 g/mol. The Hall–Kier alpha value is -0.840. The highest BCUT2D eigenvalue weighted by atomic mass is 16.3. The molecule has 1 aliphatic heterocycles. The van der Waals surface area contributed by atoms with Crippen molar-refractivity contribution in [2.75, 3.05) is 46.3 Å². The Morgan fingerprint density at radius 3 is 2.53 bits per heavy atom. The number of likely N-dealkylation sites (N-methyl/N-ethyl adjacent to an activating group) is 1. The second-order valence-electron chi connectivity index (χ2n) is 5.69. The van der Waals surface area contributed by atoms with E-state index in [-0.39, 0.29) is 0 Å². The van der Waals surface area contributed by atoms with Crippen LogP contribution in [0, 0.1) is 13.8 Å². The largest absolute Gasteiger partial charge is 0.466 e. The smallest absolute Gasteiger partial charge is 0.105 e. The predicted molar refractivity (Wildman–Crippen MR) is 78.5 cm³/mol. The summed E-state index contributed by atoms with van der Waals surface area (Å²) in [5, 5.41) is 3.60.